The molecule has 33 heavy (non-hydrogen) atoms. The van der Waals surface area contributed by atoms with Gasteiger partial charge in [-0.1, -0.05) is 12.7 Å². The molecule has 0 aromatic carbocycles. The van der Waals surface area contributed by atoms with Gasteiger partial charge in [0.15, 0.2) is 30.1 Å². The first-order valence-electron chi connectivity index (χ1n) is 9.50. The molecule has 1 saturated heterocycles. The summed E-state index contributed by atoms with van der Waals surface area (Å²) in [6.45, 7) is 6.05. The van der Waals surface area contributed by atoms with E-state index in [-0.39, 0.29) is 6.61 Å². The highest BCUT2D eigenvalue weighted by atomic mass is 19.1. The van der Waals surface area contributed by atoms with E-state index in [1.165, 1.54) is 6.08 Å². The summed E-state index contributed by atoms with van der Waals surface area (Å²) in [7, 11) is 0. The van der Waals surface area contributed by atoms with Crippen molar-refractivity contribution in [1.82, 2.24) is 9.55 Å². The molecule has 1 amide bonds. The Hall–Kier alpha value is -3.81. The second-order valence-corrected chi connectivity index (χ2v) is 6.66. The van der Waals surface area contributed by atoms with Crippen LogP contribution in [0.3, 0.4) is 0 Å². The lowest BCUT2D eigenvalue weighted by Gasteiger charge is -2.24. The molecule has 0 radical (unpaired) electrons. The number of amides is 1. The number of anilines is 1. The number of esters is 3. The molecule has 1 fully saturated rings. The van der Waals surface area contributed by atoms with Crippen LogP contribution in [0.2, 0.25) is 0 Å². The summed E-state index contributed by atoms with van der Waals surface area (Å²) in [5, 5.41) is 1.96. The standard InChI is InChI=1S/C19H22FN3O10/c1-5-6-29-19(28)22-16-12(20)7-23(18(27)21-16)17-15(32-11(4)26)14(31-10(3)25)13(33-17)8-30-9(2)24/h5,7,13-15,17H,1,6,8H2,2-4H3,(H,21,22,27,28)/t13-,14-,15-,17-/m1/s1. The predicted molar refractivity (Wildman–Crippen MR) is 105 cm³/mol. The Morgan fingerprint density at radius 2 is 1.79 bits per heavy atom. The van der Waals surface area contributed by atoms with Crippen LogP contribution in [0, 0.1) is 5.82 Å². The van der Waals surface area contributed by atoms with Gasteiger partial charge in [0.05, 0.1) is 6.20 Å². The van der Waals surface area contributed by atoms with Crippen LogP contribution in [0.5, 0.6) is 0 Å². The van der Waals surface area contributed by atoms with Crippen molar-refractivity contribution in [2.45, 2.75) is 45.3 Å². The number of nitrogens with one attached hydrogen (secondary N) is 1. The van der Waals surface area contributed by atoms with Crippen molar-refractivity contribution >= 4 is 29.8 Å². The molecule has 0 aliphatic carbocycles. The highest BCUT2D eigenvalue weighted by molar-refractivity contribution is 5.83. The molecule has 1 aliphatic heterocycles. The summed E-state index contributed by atoms with van der Waals surface area (Å²) in [5.74, 6) is -4.13. The van der Waals surface area contributed by atoms with Gasteiger partial charge in [-0.3, -0.25) is 24.3 Å². The van der Waals surface area contributed by atoms with E-state index in [0.717, 1.165) is 20.8 Å². The summed E-state index contributed by atoms with van der Waals surface area (Å²) in [5.41, 5.74) is -1.10. The van der Waals surface area contributed by atoms with E-state index in [4.69, 9.17) is 18.9 Å². The summed E-state index contributed by atoms with van der Waals surface area (Å²) in [6.07, 6.45) is -4.52. The quantitative estimate of drug-likeness (QED) is 0.318. The zero-order valence-electron chi connectivity index (χ0n) is 17.9. The fraction of sp³-hybridized carbons (Fsp3) is 0.474. The molecule has 13 nitrogen and oxygen atoms in total. The smallest absolute Gasteiger partial charge is 0.413 e. The van der Waals surface area contributed by atoms with Gasteiger partial charge in [0, 0.05) is 20.8 Å². The molecule has 0 spiro atoms. The second-order valence-electron chi connectivity index (χ2n) is 6.66. The van der Waals surface area contributed by atoms with Gasteiger partial charge in [0.2, 0.25) is 0 Å². The average Bonchev–Trinajstić information content (AvgIpc) is 3.03. The number of carbonyl (C=O) groups is 4. The van der Waals surface area contributed by atoms with Gasteiger partial charge in [0.1, 0.15) is 19.3 Å². The van der Waals surface area contributed by atoms with Crippen molar-refractivity contribution < 1.29 is 47.3 Å². The zero-order chi connectivity index (χ0) is 24.7. The number of halogens is 1. The Kier molecular flexibility index (Phi) is 8.62. The zero-order valence-corrected chi connectivity index (χ0v) is 17.9. The lowest BCUT2D eigenvalue weighted by molar-refractivity contribution is -0.166. The molecule has 0 saturated carbocycles. The number of ether oxygens (including phenoxy) is 5. The highest BCUT2D eigenvalue weighted by Gasteiger charge is 2.51. The van der Waals surface area contributed by atoms with Crippen LogP contribution in [0.4, 0.5) is 15.0 Å². The van der Waals surface area contributed by atoms with Crippen molar-refractivity contribution in [2.75, 3.05) is 18.5 Å². The van der Waals surface area contributed by atoms with Gasteiger partial charge in [-0.05, 0) is 0 Å². The number of carbonyl (C=O) groups excluding carboxylic acids is 4. The molecule has 1 aromatic heterocycles. The second kappa shape index (κ2) is 11.2. The molecule has 0 unspecified atom stereocenters. The summed E-state index contributed by atoms with van der Waals surface area (Å²) in [4.78, 5) is 62.0. The summed E-state index contributed by atoms with van der Waals surface area (Å²) < 4.78 is 40.7. The average molecular weight is 471 g/mol. The van der Waals surface area contributed by atoms with Crippen LogP contribution in [0.1, 0.15) is 27.0 Å². The van der Waals surface area contributed by atoms with Crippen LogP contribution in [0.25, 0.3) is 0 Å². The number of nitrogens with zero attached hydrogens (tertiary/aromatic N) is 2. The lowest BCUT2D eigenvalue weighted by atomic mass is 10.1. The maximum absolute atomic E-state index is 14.6. The van der Waals surface area contributed by atoms with Crippen LogP contribution in [0.15, 0.2) is 23.6 Å². The van der Waals surface area contributed by atoms with E-state index in [0.29, 0.717) is 10.8 Å². The lowest BCUT2D eigenvalue weighted by Crippen LogP contribution is -2.42. The Balaban J connectivity index is 2.40. The first-order valence-corrected chi connectivity index (χ1v) is 9.50. The van der Waals surface area contributed by atoms with Crippen molar-refractivity contribution in [2.24, 2.45) is 0 Å². The van der Waals surface area contributed by atoms with E-state index >= 15 is 0 Å². The SMILES string of the molecule is C=CCOC(=O)Nc1nc(=O)n([C@@H]2O[C@H](COC(C)=O)[C@@H](OC(C)=O)[C@H]2OC(C)=O)cc1F. The minimum atomic E-state index is -1.50. The Labute approximate surface area is 186 Å². The number of hydrogen-bond acceptors (Lipinski definition) is 11. The van der Waals surface area contributed by atoms with Crippen molar-refractivity contribution in [3.63, 3.8) is 0 Å². The summed E-state index contributed by atoms with van der Waals surface area (Å²) >= 11 is 0. The van der Waals surface area contributed by atoms with Gasteiger partial charge in [-0.15, -0.1) is 0 Å². The van der Waals surface area contributed by atoms with Gasteiger partial charge in [0.25, 0.3) is 0 Å². The Morgan fingerprint density at radius 1 is 1.15 bits per heavy atom. The van der Waals surface area contributed by atoms with Crippen LogP contribution < -0.4 is 11.0 Å². The third-order valence-electron chi connectivity index (χ3n) is 4.07. The van der Waals surface area contributed by atoms with Crippen molar-refractivity contribution in [1.29, 1.82) is 0 Å². The van der Waals surface area contributed by atoms with E-state index in [1.807, 2.05) is 5.32 Å². The number of hydrogen-bond donors (Lipinski definition) is 1. The van der Waals surface area contributed by atoms with Crippen LogP contribution >= 0.6 is 0 Å². The molecular formula is C19H22FN3O10. The van der Waals surface area contributed by atoms with Gasteiger partial charge in [-0.2, -0.15) is 4.98 Å². The molecule has 0 bridgehead atoms. The molecule has 4 atom stereocenters. The largest absolute Gasteiger partial charge is 0.463 e. The molecule has 1 aromatic rings. The Bertz CT molecular complexity index is 995. The number of aromatic nitrogens is 2. The van der Waals surface area contributed by atoms with Gasteiger partial charge < -0.3 is 23.7 Å². The predicted octanol–water partition coefficient (Wildman–Crippen LogP) is 0.441. The molecular weight excluding hydrogens is 449 g/mol. The van der Waals surface area contributed by atoms with Crippen molar-refractivity contribution in [3.05, 3.63) is 35.2 Å². The fourth-order valence-corrected chi connectivity index (χ4v) is 2.90. The van der Waals surface area contributed by atoms with E-state index in [9.17, 15) is 28.4 Å². The normalized spacial score (nSPS) is 21.6. The van der Waals surface area contributed by atoms with E-state index < -0.39 is 72.5 Å². The Morgan fingerprint density at radius 3 is 2.36 bits per heavy atom. The topological polar surface area (TPSA) is 161 Å². The van der Waals surface area contributed by atoms with Crippen molar-refractivity contribution in [3.8, 4) is 0 Å². The van der Waals surface area contributed by atoms with Crippen LogP contribution in [-0.4, -0.2) is 65.1 Å². The van der Waals surface area contributed by atoms with Crippen LogP contribution in [-0.2, 0) is 38.1 Å². The van der Waals surface area contributed by atoms with E-state index in [1.54, 1.807) is 0 Å². The highest BCUT2D eigenvalue weighted by Crippen LogP contribution is 2.34. The first kappa shape index (κ1) is 25.5. The molecule has 2 rings (SSSR count). The maximum Gasteiger partial charge on any atom is 0.413 e. The minimum Gasteiger partial charge on any atom is -0.463 e. The van der Waals surface area contributed by atoms with Gasteiger partial charge >= 0.3 is 29.7 Å². The molecule has 1 N–H and O–H groups in total. The maximum atomic E-state index is 14.6. The van der Waals surface area contributed by atoms with E-state index in [2.05, 4.69) is 16.3 Å². The molecule has 2 heterocycles. The number of rotatable bonds is 8. The third kappa shape index (κ3) is 6.83. The fourth-order valence-electron chi connectivity index (χ4n) is 2.90. The summed E-state index contributed by atoms with van der Waals surface area (Å²) in [6, 6.07) is 0. The minimum absolute atomic E-state index is 0.161. The molecule has 14 heteroatoms. The van der Waals surface area contributed by atoms with Gasteiger partial charge in [-0.25, -0.2) is 14.0 Å². The first-order chi connectivity index (χ1) is 15.5. The monoisotopic (exact) mass is 471 g/mol. The molecule has 1 aliphatic rings. The molecule has 180 valence electrons. The third-order valence-corrected chi connectivity index (χ3v) is 4.07.